The topological polar surface area (TPSA) is 24.9 Å². The van der Waals surface area contributed by atoms with Gasteiger partial charge in [-0.2, -0.15) is 0 Å². The number of hydrogen-bond acceptors (Lipinski definition) is 2. The van der Waals surface area contributed by atoms with Gasteiger partial charge in [-0.15, -0.1) is 0 Å². The minimum absolute atomic E-state index is 0.517. The Kier molecular flexibility index (Phi) is 3.67. The van der Waals surface area contributed by atoms with Crippen molar-refractivity contribution in [2.75, 3.05) is 5.32 Å². The van der Waals surface area contributed by atoms with Crippen molar-refractivity contribution in [3.05, 3.63) is 21.2 Å². The van der Waals surface area contributed by atoms with Gasteiger partial charge < -0.3 is 5.32 Å². The summed E-state index contributed by atoms with van der Waals surface area (Å²) >= 11 is 6.91. The van der Waals surface area contributed by atoms with Crippen LogP contribution in [-0.2, 0) is 0 Å². The van der Waals surface area contributed by atoms with E-state index in [1.165, 1.54) is 19.3 Å². The predicted octanol–water partition coefficient (Wildman–Crippen LogP) is 4.21. The largest absolute Gasteiger partial charge is 0.366 e. The molecular formula is C11H14Br2N2. The Bertz CT molecular complexity index is 350. The van der Waals surface area contributed by atoms with E-state index in [4.69, 9.17) is 0 Å². The highest BCUT2D eigenvalue weighted by molar-refractivity contribution is 9.11. The monoisotopic (exact) mass is 332 g/mol. The van der Waals surface area contributed by atoms with E-state index >= 15 is 0 Å². The summed E-state index contributed by atoms with van der Waals surface area (Å²) in [5.41, 5.74) is 0. The van der Waals surface area contributed by atoms with Crippen LogP contribution in [0.1, 0.15) is 26.2 Å². The predicted molar refractivity (Wildman–Crippen MR) is 70.1 cm³/mol. The third-order valence-electron chi connectivity index (χ3n) is 3.03. The summed E-state index contributed by atoms with van der Waals surface area (Å²) < 4.78 is 2.01. The van der Waals surface area contributed by atoms with Crippen LogP contribution in [0.3, 0.4) is 0 Å². The van der Waals surface area contributed by atoms with Gasteiger partial charge in [0.2, 0.25) is 0 Å². The van der Waals surface area contributed by atoms with Gasteiger partial charge in [-0.25, -0.2) is 4.98 Å². The Morgan fingerprint density at radius 3 is 2.73 bits per heavy atom. The minimum atomic E-state index is 0.517. The zero-order chi connectivity index (χ0) is 10.8. The van der Waals surface area contributed by atoms with E-state index in [1.807, 2.05) is 12.3 Å². The molecule has 1 aliphatic rings. The zero-order valence-electron chi connectivity index (χ0n) is 8.63. The van der Waals surface area contributed by atoms with Gasteiger partial charge in [-0.3, -0.25) is 0 Å². The van der Waals surface area contributed by atoms with Gasteiger partial charge in [0.05, 0.1) is 4.47 Å². The van der Waals surface area contributed by atoms with Crippen LogP contribution in [0, 0.1) is 5.92 Å². The summed E-state index contributed by atoms with van der Waals surface area (Å²) in [7, 11) is 0. The van der Waals surface area contributed by atoms with Gasteiger partial charge in [-0.1, -0.05) is 6.42 Å². The van der Waals surface area contributed by atoms with E-state index in [1.54, 1.807) is 0 Å². The van der Waals surface area contributed by atoms with E-state index < -0.39 is 0 Å². The van der Waals surface area contributed by atoms with Crippen molar-refractivity contribution in [3.8, 4) is 0 Å². The second-order valence-corrected chi connectivity index (χ2v) is 5.88. The molecule has 1 aromatic rings. The summed E-state index contributed by atoms with van der Waals surface area (Å²) in [6, 6.07) is 2.53. The summed E-state index contributed by atoms with van der Waals surface area (Å²) in [6.45, 7) is 2.24. The number of rotatable bonds is 3. The molecule has 2 nitrogen and oxygen atoms in total. The third-order valence-corrected chi connectivity index (χ3v) is 4.07. The minimum Gasteiger partial charge on any atom is -0.366 e. The fourth-order valence-corrected chi connectivity index (χ4v) is 2.90. The molecule has 2 rings (SSSR count). The van der Waals surface area contributed by atoms with Crippen molar-refractivity contribution in [3.63, 3.8) is 0 Å². The van der Waals surface area contributed by atoms with Gasteiger partial charge in [0.25, 0.3) is 0 Å². The molecule has 1 aliphatic carbocycles. The molecule has 0 aromatic carbocycles. The molecule has 1 atom stereocenters. The first-order valence-corrected chi connectivity index (χ1v) is 6.83. The number of halogens is 2. The van der Waals surface area contributed by atoms with Crippen molar-refractivity contribution in [2.24, 2.45) is 5.92 Å². The van der Waals surface area contributed by atoms with Crippen LogP contribution in [-0.4, -0.2) is 11.0 Å². The first-order chi connectivity index (χ1) is 7.16. The van der Waals surface area contributed by atoms with Crippen LogP contribution >= 0.6 is 31.9 Å². The Balaban J connectivity index is 2.03. The number of hydrogen-bond donors (Lipinski definition) is 1. The van der Waals surface area contributed by atoms with Gasteiger partial charge >= 0.3 is 0 Å². The van der Waals surface area contributed by atoms with Gasteiger partial charge in [0.1, 0.15) is 5.82 Å². The van der Waals surface area contributed by atoms with E-state index in [-0.39, 0.29) is 0 Å². The van der Waals surface area contributed by atoms with Crippen LogP contribution in [0.15, 0.2) is 21.2 Å². The lowest BCUT2D eigenvalue weighted by Gasteiger charge is -2.32. The number of nitrogens with one attached hydrogen (secondary N) is 1. The molecule has 1 aromatic heterocycles. The molecule has 0 saturated heterocycles. The van der Waals surface area contributed by atoms with Gasteiger partial charge in [-0.05, 0) is 63.6 Å². The third kappa shape index (κ3) is 2.72. The molecule has 1 fully saturated rings. The maximum Gasteiger partial charge on any atom is 0.140 e. The molecule has 1 unspecified atom stereocenters. The highest BCUT2D eigenvalue weighted by Gasteiger charge is 2.24. The Morgan fingerprint density at radius 2 is 2.20 bits per heavy atom. The average molecular weight is 334 g/mol. The van der Waals surface area contributed by atoms with Gasteiger partial charge in [0, 0.05) is 16.7 Å². The molecule has 0 amide bonds. The lowest BCUT2D eigenvalue weighted by Crippen LogP contribution is -2.31. The molecule has 0 bridgehead atoms. The fraction of sp³-hybridized carbons (Fsp3) is 0.545. The fourth-order valence-electron chi connectivity index (χ4n) is 1.79. The molecule has 15 heavy (non-hydrogen) atoms. The normalized spacial score (nSPS) is 18.3. The average Bonchev–Trinajstić information content (AvgIpc) is 2.07. The van der Waals surface area contributed by atoms with E-state index in [0.29, 0.717) is 6.04 Å². The molecule has 0 radical (unpaired) electrons. The van der Waals surface area contributed by atoms with Crippen molar-refractivity contribution >= 4 is 37.7 Å². The standard InChI is InChI=1S/C11H14Br2N2/c1-7(8-3-2-4-8)15-11-10(13)5-9(12)6-14-11/h5-8H,2-4H2,1H3,(H,14,15). The molecule has 1 N–H and O–H groups in total. The van der Waals surface area contributed by atoms with Crippen LogP contribution in [0.25, 0.3) is 0 Å². The van der Waals surface area contributed by atoms with Crippen molar-refractivity contribution in [2.45, 2.75) is 32.2 Å². The zero-order valence-corrected chi connectivity index (χ0v) is 11.8. The highest BCUT2D eigenvalue weighted by atomic mass is 79.9. The summed E-state index contributed by atoms with van der Waals surface area (Å²) in [6.07, 6.45) is 5.90. The van der Waals surface area contributed by atoms with E-state index in [0.717, 1.165) is 20.7 Å². The van der Waals surface area contributed by atoms with Crippen molar-refractivity contribution in [1.29, 1.82) is 0 Å². The van der Waals surface area contributed by atoms with Crippen molar-refractivity contribution in [1.82, 2.24) is 4.98 Å². The van der Waals surface area contributed by atoms with Crippen molar-refractivity contribution < 1.29 is 0 Å². The molecule has 4 heteroatoms. The number of nitrogens with zero attached hydrogens (tertiary/aromatic N) is 1. The number of pyridine rings is 1. The lowest BCUT2D eigenvalue weighted by molar-refractivity contribution is 0.285. The Morgan fingerprint density at radius 1 is 1.47 bits per heavy atom. The maximum absolute atomic E-state index is 4.35. The lowest BCUT2D eigenvalue weighted by atomic mass is 9.80. The maximum atomic E-state index is 4.35. The Labute approximate surface area is 107 Å². The first-order valence-electron chi connectivity index (χ1n) is 5.24. The van der Waals surface area contributed by atoms with E-state index in [2.05, 4.69) is 49.1 Å². The highest BCUT2D eigenvalue weighted by Crippen LogP contribution is 2.32. The van der Waals surface area contributed by atoms with E-state index in [9.17, 15) is 0 Å². The second kappa shape index (κ2) is 4.83. The molecule has 82 valence electrons. The summed E-state index contributed by atoms with van der Waals surface area (Å²) in [4.78, 5) is 4.35. The molecule has 0 spiro atoms. The van der Waals surface area contributed by atoms with Crippen LogP contribution in [0.4, 0.5) is 5.82 Å². The quantitative estimate of drug-likeness (QED) is 0.896. The molecular weight excluding hydrogens is 320 g/mol. The van der Waals surface area contributed by atoms with Crippen LogP contribution < -0.4 is 5.32 Å². The SMILES string of the molecule is CC(Nc1ncc(Br)cc1Br)C1CCC1. The number of aromatic nitrogens is 1. The van der Waals surface area contributed by atoms with Crippen LogP contribution in [0.5, 0.6) is 0 Å². The molecule has 1 saturated carbocycles. The summed E-state index contributed by atoms with van der Waals surface area (Å²) in [5.74, 6) is 1.76. The Hall–Kier alpha value is -0.0900. The summed E-state index contributed by atoms with van der Waals surface area (Å²) in [5, 5.41) is 3.46. The number of anilines is 1. The second-order valence-electron chi connectivity index (χ2n) is 4.11. The molecule has 1 heterocycles. The van der Waals surface area contributed by atoms with Gasteiger partial charge in [0.15, 0.2) is 0 Å². The van der Waals surface area contributed by atoms with Crippen LogP contribution in [0.2, 0.25) is 0 Å². The first kappa shape index (κ1) is 11.4. The smallest absolute Gasteiger partial charge is 0.140 e. The molecule has 0 aliphatic heterocycles.